The normalized spacial score (nSPS) is 11.0. The van der Waals surface area contributed by atoms with Crippen molar-refractivity contribution in [2.24, 2.45) is 0 Å². The standard InChI is InChI=1S/C20H16.C13H10.C3H9N.5C2H6/c1-20(15-9-3-2-4-10-15)18-13-7-5-11-16(18)17-12-6-8-14-19(17)20;1-3-7-12-10(5-1)9-11-6-2-4-8-13(11)12;1-4(2)3;5*1-2/h2-14H,1H3;1-8H,9H2;1-3H3;5*1-2H3. The Balaban J connectivity index is 0.000000678. The van der Waals surface area contributed by atoms with Crippen LogP contribution in [0.4, 0.5) is 0 Å². The van der Waals surface area contributed by atoms with Gasteiger partial charge in [-0.05, 0) is 84.6 Å². The molecule has 1 nitrogen and oxygen atoms in total. The van der Waals surface area contributed by atoms with Crippen molar-refractivity contribution in [3.8, 4) is 22.3 Å². The maximum Gasteiger partial charge on any atom is 0.0435 e. The largest absolute Gasteiger partial charge is 0.312 e. The third-order valence-corrected chi connectivity index (χ3v) is 7.28. The van der Waals surface area contributed by atoms with Crippen LogP contribution < -0.4 is 0 Å². The van der Waals surface area contributed by atoms with Gasteiger partial charge in [-0.25, -0.2) is 0 Å². The molecule has 2 aliphatic rings. The first-order valence-corrected chi connectivity index (χ1v) is 18.0. The molecule has 0 amide bonds. The fourth-order valence-corrected chi connectivity index (χ4v) is 5.62. The van der Waals surface area contributed by atoms with Crippen molar-refractivity contribution < 1.29 is 0 Å². The van der Waals surface area contributed by atoms with E-state index in [9.17, 15) is 0 Å². The molecule has 5 aromatic rings. The first-order valence-electron chi connectivity index (χ1n) is 18.0. The molecule has 0 aromatic heterocycles. The van der Waals surface area contributed by atoms with E-state index in [0.717, 1.165) is 6.42 Å². The molecular weight excluding hydrogens is 567 g/mol. The SMILES string of the molecule is CC.CC.CC.CC.CC.CC1(c2ccccc2)c2ccccc2-c2ccccc21.CN(C)C.c1ccc2c(c1)Cc1ccccc1-2. The predicted molar refractivity (Wildman–Crippen MR) is 215 cm³/mol. The minimum atomic E-state index is -0.0472. The lowest BCUT2D eigenvalue weighted by atomic mass is 9.74. The molecule has 0 saturated carbocycles. The van der Waals surface area contributed by atoms with Crippen molar-refractivity contribution in [2.45, 2.75) is 88.0 Å². The van der Waals surface area contributed by atoms with Gasteiger partial charge in [-0.15, -0.1) is 0 Å². The fraction of sp³-hybridized carbons (Fsp3) is 0.348. The summed E-state index contributed by atoms with van der Waals surface area (Å²) in [5.74, 6) is 0. The smallest absolute Gasteiger partial charge is 0.0435 e. The lowest BCUT2D eigenvalue weighted by Gasteiger charge is -2.28. The Hall–Kier alpha value is -3.94. The molecule has 0 radical (unpaired) electrons. The van der Waals surface area contributed by atoms with E-state index < -0.39 is 0 Å². The fourth-order valence-electron chi connectivity index (χ4n) is 5.62. The van der Waals surface area contributed by atoms with E-state index in [0.29, 0.717) is 0 Å². The Morgan fingerprint density at radius 3 is 1.02 bits per heavy atom. The molecule has 47 heavy (non-hydrogen) atoms. The van der Waals surface area contributed by atoms with Crippen LogP contribution in [0.5, 0.6) is 0 Å². The Morgan fingerprint density at radius 1 is 0.383 bits per heavy atom. The zero-order valence-corrected chi connectivity index (χ0v) is 32.3. The first-order chi connectivity index (χ1) is 23.0. The lowest BCUT2D eigenvalue weighted by Crippen LogP contribution is -2.22. The second-order valence-electron chi connectivity index (χ2n) is 10.4. The number of rotatable bonds is 1. The van der Waals surface area contributed by atoms with Crippen LogP contribution in [-0.4, -0.2) is 26.0 Å². The molecule has 0 aliphatic heterocycles. The van der Waals surface area contributed by atoms with E-state index in [-0.39, 0.29) is 5.41 Å². The molecule has 0 fully saturated rings. The molecule has 254 valence electrons. The predicted octanol–water partition coefficient (Wildman–Crippen LogP) is 13.6. The topological polar surface area (TPSA) is 3.24 Å². The monoisotopic (exact) mass is 632 g/mol. The van der Waals surface area contributed by atoms with Crippen LogP contribution in [0.2, 0.25) is 0 Å². The van der Waals surface area contributed by atoms with Crippen LogP contribution in [0.1, 0.15) is 104 Å². The molecule has 2 aliphatic carbocycles. The van der Waals surface area contributed by atoms with Gasteiger partial charge in [0.05, 0.1) is 0 Å². The molecule has 0 unspecified atom stereocenters. The van der Waals surface area contributed by atoms with Crippen LogP contribution in [0, 0.1) is 0 Å². The third-order valence-electron chi connectivity index (χ3n) is 7.28. The van der Waals surface area contributed by atoms with Crippen molar-refractivity contribution in [1.82, 2.24) is 4.90 Å². The van der Waals surface area contributed by atoms with Crippen molar-refractivity contribution >= 4 is 0 Å². The second-order valence-corrected chi connectivity index (χ2v) is 10.4. The number of hydrogen-bond donors (Lipinski definition) is 0. The highest BCUT2D eigenvalue weighted by Crippen LogP contribution is 2.51. The van der Waals surface area contributed by atoms with Gasteiger partial charge < -0.3 is 4.90 Å². The van der Waals surface area contributed by atoms with Gasteiger partial charge >= 0.3 is 0 Å². The maximum absolute atomic E-state index is 2.34. The van der Waals surface area contributed by atoms with Crippen molar-refractivity contribution in [2.75, 3.05) is 21.1 Å². The Labute approximate surface area is 290 Å². The Morgan fingerprint density at radius 2 is 0.660 bits per heavy atom. The Bertz CT molecular complexity index is 1410. The van der Waals surface area contributed by atoms with E-state index >= 15 is 0 Å². The number of hydrogen-bond acceptors (Lipinski definition) is 1. The first kappa shape index (κ1) is 43.1. The minimum absolute atomic E-state index is 0.0472. The zero-order valence-electron chi connectivity index (χ0n) is 32.3. The van der Waals surface area contributed by atoms with Gasteiger partial charge in [0.25, 0.3) is 0 Å². The number of fused-ring (bicyclic) bond motifs is 6. The average molecular weight is 632 g/mol. The third kappa shape index (κ3) is 11.1. The second kappa shape index (κ2) is 24.3. The van der Waals surface area contributed by atoms with Crippen molar-refractivity contribution in [1.29, 1.82) is 0 Å². The van der Waals surface area contributed by atoms with E-state index in [1.807, 2.05) is 95.3 Å². The molecule has 7 rings (SSSR count). The van der Waals surface area contributed by atoms with Crippen LogP contribution in [-0.2, 0) is 11.8 Å². The summed E-state index contributed by atoms with van der Waals surface area (Å²) in [6.07, 6.45) is 1.10. The molecule has 0 bridgehead atoms. The van der Waals surface area contributed by atoms with Gasteiger partial charge in [-0.1, -0.05) is 197 Å². The van der Waals surface area contributed by atoms with E-state index in [4.69, 9.17) is 0 Å². The van der Waals surface area contributed by atoms with Gasteiger partial charge in [-0.2, -0.15) is 0 Å². The van der Waals surface area contributed by atoms with Crippen LogP contribution >= 0.6 is 0 Å². The van der Waals surface area contributed by atoms with Gasteiger partial charge in [-0.3, -0.25) is 0 Å². The molecule has 1 heteroatoms. The lowest BCUT2D eigenvalue weighted by molar-refractivity contribution is 0.505. The van der Waals surface area contributed by atoms with E-state index in [1.54, 1.807) is 0 Å². The number of benzene rings is 5. The molecule has 0 heterocycles. The summed E-state index contributed by atoms with van der Waals surface area (Å²) >= 11 is 0. The van der Waals surface area contributed by atoms with Crippen LogP contribution in [0.15, 0.2) is 127 Å². The van der Waals surface area contributed by atoms with Crippen molar-refractivity contribution in [3.63, 3.8) is 0 Å². The summed E-state index contributed by atoms with van der Waals surface area (Å²) in [5.41, 5.74) is 12.6. The molecule has 0 spiro atoms. The summed E-state index contributed by atoms with van der Waals surface area (Å²) in [7, 11) is 6.00. The van der Waals surface area contributed by atoms with E-state index in [2.05, 4.69) is 134 Å². The number of nitrogens with zero attached hydrogens (tertiary/aromatic N) is 1. The summed E-state index contributed by atoms with van der Waals surface area (Å²) in [6.45, 7) is 22.3. The van der Waals surface area contributed by atoms with E-state index in [1.165, 1.54) is 50.1 Å². The van der Waals surface area contributed by atoms with Crippen LogP contribution in [0.25, 0.3) is 22.3 Å². The summed E-state index contributed by atoms with van der Waals surface area (Å²) in [5, 5.41) is 0. The maximum atomic E-state index is 2.34. The summed E-state index contributed by atoms with van der Waals surface area (Å²) in [4.78, 5) is 2.00. The highest BCUT2D eigenvalue weighted by molar-refractivity contribution is 5.83. The summed E-state index contributed by atoms with van der Waals surface area (Å²) in [6, 6.07) is 45.7. The van der Waals surface area contributed by atoms with Gasteiger partial charge in [0, 0.05) is 5.41 Å². The van der Waals surface area contributed by atoms with Gasteiger partial charge in [0.15, 0.2) is 0 Å². The average Bonchev–Trinajstić information content (AvgIpc) is 3.67. The van der Waals surface area contributed by atoms with Gasteiger partial charge in [0.1, 0.15) is 0 Å². The molecule has 5 aromatic carbocycles. The van der Waals surface area contributed by atoms with Crippen molar-refractivity contribution in [3.05, 3.63) is 155 Å². The molecular formula is C46H65N. The molecule has 0 atom stereocenters. The molecule has 0 saturated heterocycles. The highest BCUT2D eigenvalue weighted by Gasteiger charge is 2.40. The zero-order chi connectivity index (χ0) is 35.8. The minimum Gasteiger partial charge on any atom is -0.312 e. The highest BCUT2D eigenvalue weighted by atomic mass is 15.0. The summed E-state index contributed by atoms with van der Waals surface area (Å²) < 4.78 is 0. The van der Waals surface area contributed by atoms with Gasteiger partial charge in [0.2, 0.25) is 0 Å². The Kier molecular flexibility index (Phi) is 22.2. The van der Waals surface area contributed by atoms with Crippen LogP contribution in [0.3, 0.4) is 0 Å². The molecule has 0 N–H and O–H groups in total. The quantitative estimate of drug-likeness (QED) is 0.174.